The summed E-state index contributed by atoms with van der Waals surface area (Å²) < 4.78 is 0. The minimum Gasteiger partial charge on any atom is -0.369 e. The SMILES string of the molecule is NCCNc1ccc(N=O)cn1. The maximum absolute atomic E-state index is 10.0. The van der Waals surface area contributed by atoms with Crippen LogP contribution in [0, 0.1) is 4.91 Å². The van der Waals surface area contributed by atoms with E-state index in [1.165, 1.54) is 6.20 Å². The molecule has 0 radical (unpaired) electrons. The highest BCUT2D eigenvalue weighted by atomic mass is 16.3. The Kier molecular flexibility index (Phi) is 3.16. The van der Waals surface area contributed by atoms with Gasteiger partial charge in [0.05, 0.1) is 6.20 Å². The lowest BCUT2D eigenvalue weighted by molar-refractivity contribution is 1.01. The molecule has 1 aromatic rings. The summed E-state index contributed by atoms with van der Waals surface area (Å²) in [5.74, 6) is 0.702. The van der Waals surface area contributed by atoms with E-state index in [0.717, 1.165) is 0 Å². The summed E-state index contributed by atoms with van der Waals surface area (Å²) in [6.07, 6.45) is 1.41. The van der Waals surface area contributed by atoms with Crippen molar-refractivity contribution in [2.24, 2.45) is 10.9 Å². The zero-order valence-electron chi connectivity index (χ0n) is 6.53. The lowest BCUT2D eigenvalue weighted by Crippen LogP contribution is -2.13. The number of nitrogens with zero attached hydrogens (tertiary/aromatic N) is 2. The van der Waals surface area contributed by atoms with Crippen molar-refractivity contribution in [3.05, 3.63) is 23.2 Å². The van der Waals surface area contributed by atoms with Crippen LogP contribution in [0.1, 0.15) is 0 Å². The zero-order valence-corrected chi connectivity index (χ0v) is 6.53. The first-order valence-corrected chi connectivity index (χ1v) is 3.60. The zero-order chi connectivity index (χ0) is 8.81. The number of aromatic nitrogens is 1. The Morgan fingerprint density at radius 1 is 1.58 bits per heavy atom. The van der Waals surface area contributed by atoms with Gasteiger partial charge in [-0.1, -0.05) is 0 Å². The number of pyridine rings is 1. The molecule has 0 fully saturated rings. The van der Waals surface area contributed by atoms with E-state index < -0.39 is 0 Å². The Morgan fingerprint density at radius 3 is 2.92 bits per heavy atom. The van der Waals surface area contributed by atoms with Crippen LogP contribution in [0.15, 0.2) is 23.5 Å². The smallest absolute Gasteiger partial charge is 0.126 e. The van der Waals surface area contributed by atoms with E-state index in [1.54, 1.807) is 12.1 Å². The summed E-state index contributed by atoms with van der Waals surface area (Å²) in [6, 6.07) is 3.28. The van der Waals surface area contributed by atoms with Crippen molar-refractivity contribution in [3.63, 3.8) is 0 Å². The maximum Gasteiger partial charge on any atom is 0.126 e. The van der Waals surface area contributed by atoms with Gasteiger partial charge >= 0.3 is 0 Å². The standard InChI is InChI=1S/C7H10N4O/c8-3-4-9-7-2-1-6(11-12)5-10-7/h1-2,5H,3-4,8H2,(H,9,10). The number of nitroso groups, excluding NO2 is 1. The van der Waals surface area contributed by atoms with E-state index in [4.69, 9.17) is 5.73 Å². The molecule has 0 amide bonds. The van der Waals surface area contributed by atoms with Gasteiger partial charge in [0.15, 0.2) is 0 Å². The number of anilines is 1. The maximum atomic E-state index is 10.0. The van der Waals surface area contributed by atoms with Crippen LogP contribution in [-0.2, 0) is 0 Å². The van der Waals surface area contributed by atoms with E-state index in [9.17, 15) is 4.91 Å². The predicted octanol–water partition coefficient (Wildman–Crippen LogP) is 0.850. The third-order valence-electron chi connectivity index (χ3n) is 1.30. The number of hydrogen-bond acceptors (Lipinski definition) is 5. The van der Waals surface area contributed by atoms with Crippen LogP contribution < -0.4 is 11.1 Å². The summed E-state index contributed by atoms with van der Waals surface area (Å²) in [5, 5.41) is 5.69. The second kappa shape index (κ2) is 4.40. The van der Waals surface area contributed by atoms with Crippen molar-refractivity contribution < 1.29 is 0 Å². The van der Waals surface area contributed by atoms with E-state index >= 15 is 0 Å². The molecule has 5 heteroatoms. The highest BCUT2D eigenvalue weighted by Crippen LogP contribution is 2.11. The minimum absolute atomic E-state index is 0.327. The highest BCUT2D eigenvalue weighted by molar-refractivity contribution is 5.42. The van der Waals surface area contributed by atoms with Crippen molar-refractivity contribution in [1.29, 1.82) is 0 Å². The van der Waals surface area contributed by atoms with Crippen LogP contribution >= 0.6 is 0 Å². The van der Waals surface area contributed by atoms with Gasteiger partial charge in [-0.15, -0.1) is 4.91 Å². The third-order valence-corrected chi connectivity index (χ3v) is 1.30. The van der Waals surface area contributed by atoms with Crippen LogP contribution in [0.3, 0.4) is 0 Å². The number of rotatable bonds is 4. The van der Waals surface area contributed by atoms with Crippen molar-refractivity contribution in [3.8, 4) is 0 Å². The van der Waals surface area contributed by atoms with Crippen molar-refractivity contribution in [2.45, 2.75) is 0 Å². The molecule has 0 atom stereocenters. The Labute approximate surface area is 70.0 Å². The average Bonchev–Trinajstić information content (AvgIpc) is 2.15. The second-order valence-corrected chi connectivity index (χ2v) is 2.21. The van der Waals surface area contributed by atoms with Crippen molar-refractivity contribution in [2.75, 3.05) is 18.4 Å². The minimum atomic E-state index is 0.327. The number of hydrogen-bond donors (Lipinski definition) is 2. The summed E-state index contributed by atoms with van der Waals surface area (Å²) in [5.41, 5.74) is 5.60. The number of nitrogens with one attached hydrogen (secondary N) is 1. The van der Waals surface area contributed by atoms with E-state index in [-0.39, 0.29) is 0 Å². The van der Waals surface area contributed by atoms with E-state index in [0.29, 0.717) is 24.6 Å². The second-order valence-electron chi connectivity index (χ2n) is 2.21. The fraction of sp³-hybridized carbons (Fsp3) is 0.286. The first-order valence-electron chi connectivity index (χ1n) is 3.60. The van der Waals surface area contributed by atoms with Crippen LogP contribution in [0.25, 0.3) is 0 Å². The fourth-order valence-corrected chi connectivity index (χ4v) is 0.745. The van der Waals surface area contributed by atoms with Crippen molar-refractivity contribution >= 4 is 11.5 Å². The molecule has 5 nitrogen and oxygen atoms in total. The van der Waals surface area contributed by atoms with Gasteiger partial charge in [-0.2, -0.15) is 0 Å². The van der Waals surface area contributed by atoms with Gasteiger partial charge in [0.2, 0.25) is 0 Å². The van der Waals surface area contributed by atoms with E-state index in [1.807, 2.05) is 0 Å². The van der Waals surface area contributed by atoms with Gasteiger partial charge in [-0.05, 0) is 17.3 Å². The molecule has 0 aliphatic carbocycles. The van der Waals surface area contributed by atoms with Crippen LogP contribution in [-0.4, -0.2) is 18.1 Å². The summed E-state index contributed by atoms with van der Waals surface area (Å²) in [6.45, 7) is 1.22. The van der Waals surface area contributed by atoms with Gasteiger partial charge in [-0.3, -0.25) is 0 Å². The quantitative estimate of drug-likeness (QED) is 0.650. The van der Waals surface area contributed by atoms with Crippen LogP contribution in [0.5, 0.6) is 0 Å². The lowest BCUT2D eigenvalue weighted by atomic mass is 10.4. The normalized spacial score (nSPS) is 9.42. The fourth-order valence-electron chi connectivity index (χ4n) is 0.745. The summed E-state index contributed by atoms with van der Waals surface area (Å²) in [7, 11) is 0. The topological polar surface area (TPSA) is 80.4 Å². The van der Waals surface area contributed by atoms with Gasteiger partial charge in [0.25, 0.3) is 0 Å². The first-order chi connectivity index (χ1) is 5.86. The molecular formula is C7H10N4O. The van der Waals surface area contributed by atoms with Crippen LogP contribution in [0.2, 0.25) is 0 Å². The van der Waals surface area contributed by atoms with Gasteiger partial charge in [-0.25, -0.2) is 4.98 Å². The molecule has 1 heterocycles. The molecule has 0 saturated heterocycles. The molecule has 0 aliphatic heterocycles. The Morgan fingerprint density at radius 2 is 2.42 bits per heavy atom. The Hall–Kier alpha value is -1.49. The lowest BCUT2D eigenvalue weighted by Gasteiger charge is -2.01. The predicted molar refractivity (Wildman–Crippen MR) is 47.2 cm³/mol. The van der Waals surface area contributed by atoms with Gasteiger partial charge in [0, 0.05) is 13.1 Å². The molecule has 0 spiro atoms. The molecule has 64 valence electrons. The third kappa shape index (κ3) is 2.28. The Balaban J connectivity index is 2.58. The van der Waals surface area contributed by atoms with Crippen molar-refractivity contribution in [1.82, 2.24) is 4.98 Å². The molecule has 0 saturated carbocycles. The molecule has 1 rings (SSSR count). The largest absolute Gasteiger partial charge is 0.369 e. The molecule has 0 bridgehead atoms. The summed E-state index contributed by atoms with van der Waals surface area (Å²) >= 11 is 0. The van der Waals surface area contributed by atoms with E-state index in [2.05, 4.69) is 15.5 Å². The average molecular weight is 166 g/mol. The molecule has 0 aromatic carbocycles. The summed E-state index contributed by atoms with van der Waals surface area (Å²) in [4.78, 5) is 13.9. The first kappa shape index (κ1) is 8.61. The van der Waals surface area contributed by atoms with Crippen LogP contribution in [0.4, 0.5) is 11.5 Å². The molecular weight excluding hydrogens is 156 g/mol. The molecule has 12 heavy (non-hydrogen) atoms. The number of nitrogens with two attached hydrogens (primary N) is 1. The molecule has 0 unspecified atom stereocenters. The van der Waals surface area contributed by atoms with Gasteiger partial charge < -0.3 is 11.1 Å². The van der Waals surface area contributed by atoms with Gasteiger partial charge in [0.1, 0.15) is 11.5 Å². The highest BCUT2D eigenvalue weighted by Gasteiger charge is 1.93. The molecule has 0 aliphatic rings. The monoisotopic (exact) mass is 166 g/mol. The molecule has 3 N–H and O–H groups in total. The molecule has 1 aromatic heterocycles. The Bertz CT molecular complexity index is 246.